The normalized spacial score (nSPS) is 18.3. The van der Waals surface area contributed by atoms with Crippen molar-refractivity contribution in [3.8, 4) is 0 Å². The smallest absolute Gasteiger partial charge is 0.134 e. The van der Waals surface area contributed by atoms with Gasteiger partial charge in [0.1, 0.15) is 5.83 Å². The highest BCUT2D eigenvalue weighted by Crippen LogP contribution is 2.32. The number of hydrogen-bond donors (Lipinski definition) is 0. The van der Waals surface area contributed by atoms with E-state index in [0.29, 0.717) is 11.3 Å². The Hall–Kier alpha value is -2.35. The largest absolute Gasteiger partial charge is 0.351 e. The van der Waals surface area contributed by atoms with Gasteiger partial charge in [-0.05, 0) is 41.7 Å². The molecule has 1 nitrogen and oxygen atoms in total. The van der Waals surface area contributed by atoms with Gasteiger partial charge >= 0.3 is 0 Å². The topological polar surface area (TPSA) is 3.24 Å². The van der Waals surface area contributed by atoms with Crippen molar-refractivity contribution in [3.05, 3.63) is 84.0 Å². The summed E-state index contributed by atoms with van der Waals surface area (Å²) in [7, 11) is 1.88. The maximum atomic E-state index is 14.2. The minimum absolute atomic E-state index is 0.233. The highest BCUT2D eigenvalue weighted by atomic mass is 19.1. The van der Waals surface area contributed by atoms with Crippen LogP contribution in [-0.4, -0.2) is 11.9 Å². The fraction of sp³-hybridized carbons (Fsp3) is 0.158. The van der Waals surface area contributed by atoms with E-state index in [1.165, 1.54) is 11.6 Å². The Balaban J connectivity index is 1.99. The maximum Gasteiger partial charge on any atom is 0.134 e. The Morgan fingerprint density at radius 3 is 2.76 bits per heavy atom. The van der Waals surface area contributed by atoms with Crippen LogP contribution < -0.4 is 0 Å². The van der Waals surface area contributed by atoms with E-state index in [1.807, 2.05) is 30.1 Å². The number of likely N-dealkylation sites (N-methyl/N-ethyl adjacent to an activating group) is 1. The van der Waals surface area contributed by atoms with E-state index in [9.17, 15) is 4.39 Å². The van der Waals surface area contributed by atoms with Gasteiger partial charge in [0.2, 0.25) is 0 Å². The first-order chi connectivity index (χ1) is 10.1. The van der Waals surface area contributed by atoms with Gasteiger partial charge in [-0.1, -0.05) is 43.0 Å². The van der Waals surface area contributed by atoms with Gasteiger partial charge in [0.25, 0.3) is 0 Å². The van der Waals surface area contributed by atoms with Gasteiger partial charge in [-0.25, -0.2) is 4.39 Å². The summed E-state index contributed by atoms with van der Waals surface area (Å²) in [5, 5.41) is 0. The second-order valence-corrected chi connectivity index (χ2v) is 5.36. The van der Waals surface area contributed by atoms with E-state index in [2.05, 4.69) is 30.9 Å². The lowest BCUT2D eigenvalue weighted by Crippen LogP contribution is -2.12. The molecule has 0 fully saturated rings. The monoisotopic (exact) mass is 279 g/mol. The predicted octanol–water partition coefficient (Wildman–Crippen LogP) is 5.07. The molecule has 1 heterocycles. The minimum atomic E-state index is -0.233. The third kappa shape index (κ3) is 2.75. The molecule has 0 aromatic heterocycles. The molecule has 0 N–H and O–H groups in total. The number of allylic oxidation sites excluding steroid dienone is 7. The van der Waals surface area contributed by atoms with E-state index in [1.54, 1.807) is 6.20 Å². The van der Waals surface area contributed by atoms with Crippen molar-refractivity contribution in [1.29, 1.82) is 0 Å². The molecule has 1 aliphatic carbocycles. The molecular weight excluding hydrogens is 261 g/mol. The van der Waals surface area contributed by atoms with E-state index in [0.717, 1.165) is 24.0 Å². The lowest BCUT2D eigenvalue weighted by molar-refractivity contribution is 0.565. The third-order valence-corrected chi connectivity index (χ3v) is 3.83. The quantitative estimate of drug-likeness (QED) is 0.730. The molecule has 0 bridgehead atoms. The Labute approximate surface area is 125 Å². The number of nitrogens with zero attached hydrogens (tertiary/aromatic N) is 1. The summed E-state index contributed by atoms with van der Waals surface area (Å²) in [4.78, 5) is 1.84. The Morgan fingerprint density at radius 1 is 1.19 bits per heavy atom. The van der Waals surface area contributed by atoms with Crippen LogP contribution in [0.2, 0.25) is 0 Å². The van der Waals surface area contributed by atoms with Gasteiger partial charge < -0.3 is 4.90 Å². The first-order valence-corrected chi connectivity index (χ1v) is 7.14. The summed E-state index contributed by atoms with van der Waals surface area (Å²) in [6.07, 6.45) is 12.0. The van der Waals surface area contributed by atoms with Crippen LogP contribution in [0.1, 0.15) is 24.0 Å². The van der Waals surface area contributed by atoms with Gasteiger partial charge in [-0.3, -0.25) is 0 Å². The Bertz CT molecular complexity index is 704. The van der Waals surface area contributed by atoms with E-state index in [-0.39, 0.29) is 5.83 Å². The average Bonchev–Trinajstić information content (AvgIpc) is 2.52. The van der Waals surface area contributed by atoms with Crippen LogP contribution in [0, 0.1) is 0 Å². The molecule has 0 spiro atoms. The van der Waals surface area contributed by atoms with Gasteiger partial charge in [-0.15, -0.1) is 0 Å². The van der Waals surface area contributed by atoms with Crippen molar-refractivity contribution in [2.24, 2.45) is 0 Å². The fourth-order valence-corrected chi connectivity index (χ4v) is 2.57. The zero-order valence-electron chi connectivity index (χ0n) is 12.1. The average molecular weight is 279 g/mol. The number of halogens is 1. The molecule has 0 saturated heterocycles. The van der Waals surface area contributed by atoms with Crippen LogP contribution in [0.15, 0.2) is 72.9 Å². The van der Waals surface area contributed by atoms with Gasteiger partial charge in [0, 0.05) is 24.5 Å². The molecular formula is C19H18FN. The highest BCUT2D eigenvalue weighted by Gasteiger charge is 2.16. The van der Waals surface area contributed by atoms with Crippen LogP contribution in [0.4, 0.5) is 4.39 Å². The van der Waals surface area contributed by atoms with Gasteiger partial charge in [0.05, 0.1) is 0 Å². The van der Waals surface area contributed by atoms with Crippen LogP contribution in [-0.2, 0) is 0 Å². The van der Waals surface area contributed by atoms with Crippen molar-refractivity contribution in [1.82, 2.24) is 4.90 Å². The SMILES string of the molecule is C=C1C=C(F)C(c2cccc(C3=CCCC=C3)c2)=CN1C. The highest BCUT2D eigenvalue weighted by molar-refractivity contribution is 5.82. The standard InChI is InChI=1S/C19H18FN/c1-14-11-19(20)18(13-21(14)2)17-10-6-9-16(12-17)15-7-4-3-5-8-15/h4,6-13H,1,3,5H2,2H3. The van der Waals surface area contributed by atoms with Crippen molar-refractivity contribution >= 4 is 11.1 Å². The molecule has 0 atom stereocenters. The molecule has 1 aromatic rings. The lowest BCUT2D eigenvalue weighted by atomic mass is 9.95. The lowest BCUT2D eigenvalue weighted by Gasteiger charge is -2.22. The third-order valence-electron chi connectivity index (χ3n) is 3.83. The summed E-state index contributed by atoms with van der Waals surface area (Å²) in [5.74, 6) is -0.233. The molecule has 0 amide bonds. The molecule has 1 aliphatic heterocycles. The zero-order chi connectivity index (χ0) is 14.8. The molecule has 2 heteroatoms. The van der Waals surface area contributed by atoms with Crippen molar-refractivity contribution in [3.63, 3.8) is 0 Å². The Morgan fingerprint density at radius 2 is 2.00 bits per heavy atom. The fourth-order valence-electron chi connectivity index (χ4n) is 2.57. The Kier molecular flexibility index (Phi) is 3.61. The molecule has 0 saturated carbocycles. The molecule has 2 aliphatic rings. The number of hydrogen-bond acceptors (Lipinski definition) is 1. The first kappa shape index (κ1) is 13.6. The van der Waals surface area contributed by atoms with Crippen molar-refractivity contribution in [2.75, 3.05) is 7.05 Å². The summed E-state index contributed by atoms with van der Waals surface area (Å²) in [6.45, 7) is 3.81. The van der Waals surface area contributed by atoms with Gasteiger partial charge in [-0.2, -0.15) is 0 Å². The first-order valence-electron chi connectivity index (χ1n) is 7.14. The van der Waals surface area contributed by atoms with E-state index >= 15 is 0 Å². The zero-order valence-corrected chi connectivity index (χ0v) is 12.1. The summed E-state index contributed by atoms with van der Waals surface area (Å²) >= 11 is 0. The number of rotatable bonds is 2. The predicted molar refractivity (Wildman–Crippen MR) is 86.9 cm³/mol. The number of benzene rings is 1. The van der Waals surface area contributed by atoms with Crippen LogP contribution in [0.25, 0.3) is 11.1 Å². The summed E-state index contributed by atoms with van der Waals surface area (Å²) in [5.41, 5.74) is 4.49. The van der Waals surface area contributed by atoms with Gasteiger partial charge in [0.15, 0.2) is 0 Å². The molecule has 0 radical (unpaired) electrons. The second-order valence-electron chi connectivity index (χ2n) is 5.36. The second kappa shape index (κ2) is 5.57. The summed E-state index contributed by atoms with van der Waals surface area (Å²) < 4.78 is 14.2. The van der Waals surface area contributed by atoms with E-state index < -0.39 is 0 Å². The van der Waals surface area contributed by atoms with Crippen molar-refractivity contribution in [2.45, 2.75) is 12.8 Å². The molecule has 0 unspecified atom stereocenters. The van der Waals surface area contributed by atoms with Crippen LogP contribution in [0.3, 0.4) is 0 Å². The minimum Gasteiger partial charge on any atom is -0.351 e. The molecule has 21 heavy (non-hydrogen) atoms. The van der Waals surface area contributed by atoms with Crippen LogP contribution >= 0.6 is 0 Å². The molecule has 3 rings (SSSR count). The molecule has 1 aromatic carbocycles. The van der Waals surface area contributed by atoms with E-state index in [4.69, 9.17) is 0 Å². The maximum absolute atomic E-state index is 14.2. The van der Waals surface area contributed by atoms with Crippen LogP contribution in [0.5, 0.6) is 0 Å². The molecule has 106 valence electrons. The summed E-state index contributed by atoms with van der Waals surface area (Å²) in [6, 6.07) is 8.03. The van der Waals surface area contributed by atoms with Crippen molar-refractivity contribution < 1.29 is 4.39 Å².